The quantitative estimate of drug-likeness (QED) is 0.850. The Hall–Kier alpha value is -2.39. The molecule has 0 spiro atoms. The summed E-state index contributed by atoms with van der Waals surface area (Å²) in [5.41, 5.74) is 0.490. The van der Waals surface area contributed by atoms with Crippen molar-refractivity contribution in [2.75, 3.05) is 26.3 Å². The summed E-state index contributed by atoms with van der Waals surface area (Å²) in [6.45, 7) is 1.78. The van der Waals surface area contributed by atoms with Crippen molar-refractivity contribution in [2.24, 2.45) is 5.41 Å². The first-order valence-corrected chi connectivity index (χ1v) is 8.67. The number of nitriles is 1. The van der Waals surface area contributed by atoms with E-state index in [1.54, 1.807) is 4.90 Å². The lowest BCUT2D eigenvalue weighted by atomic mass is 9.78. The van der Waals surface area contributed by atoms with Gasteiger partial charge in [-0.1, -0.05) is 12.1 Å². The molecular formula is C19H22N2O4. The largest absolute Gasteiger partial charge is 0.480 e. The number of nitrogens with zero attached hydrogens (tertiary/aromatic N) is 2. The lowest BCUT2D eigenvalue weighted by Gasteiger charge is -2.39. The van der Waals surface area contributed by atoms with Crippen LogP contribution in [0.1, 0.15) is 42.7 Å². The third-order valence-corrected chi connectivity index (χ3v) is 5.46. The van der Waals surface area contributed by atoms with Crippen molar-refractivity contribution in [3.63, 3.8) is 0 Å². The standard InChI is InChI=1S/C19H22N2O4/c20-13-14-1-3-15(4-2-14)16-5-9-21(10-6-16)17(22)19(18(23)24)7-11-25-12-8-19/h1-4,16H,5-12H2,(H,23,24). The topological polar surface area (TPSA) is 90.6 Å². The molecular weight excluding hydrogens is 320 g/mol. The number of carbonyl (C=O) groups excluding carboxylic acids is 1. The monoisotopic (exact) mass is 342 g/mol. The summed E-state index contributed by atoms with van der Waals surface area (Å²) < 4.78 is 5.25. The maximum absolute atomic E-state index is 12.9. The minimum atomic E-state index is -1.32. The number of rotatable bonds is 3. The van der Waals surface area contributed by atoms with E-state index in [1.807, 2.05) is 24.3 Å². The number of benzene rings is 1. The fourth-order valence-corrected chi connectivity index (χ4v) is 3.79. The van der Waals surface area contributed by atoms with Crippen LogP contribution >= 0.6 is 0 Å². The van der Waals surface area contributed by atoms with Gasteiger partial charge in [0.15, 0.2) is 5.41 Å². The molecule has 1 aromatic carbocycles. The summed E-state index contributed by atoms with van der Waals surface area (Å²) in [4.78, 5) is 26.4. The van der Waals surface area contributed by atoms with Crippen LogP contribution in [0.25, 0.3) is 0 Å². The number of hydrogen-bond donors (Lipinski definition) is 1. The number of aliphatic carboxylic acids is 1. The zero-order valence-electron chi connectivity index (χ0n) is 14.1. The smallest absolute Gasteiger partial charge is 0.319 e. The van der Waals surface area contributed by atoms with Gasteiger partial charge in [0, 0.05) is 26.3 Å². The molecule has 2 aliphatic heterocycles. The highest BCUT2D eigenvalue weighted by Crippen LogP contribution is 2.36. The number of carboxylic acid groups (broad SMARTS) is 1. The van der Waals surface area contributed by atoms with E-state index in [4.69, 9.17) is 10.00 Å². The summed E-state index contributed by atoms with van der Waals surface area (Å²) in [5.74, 6) is -0.955. The molecule has 1 amide bonds. The molecule has 0 radical (unpaired) electrons. The van der Waals surface area contributed by atoms with Crippen molar-refractivity contribution >= 4 is 11.9 Å². The van der Waals surface area contributed by atoms with Crippen LogP contribution in [0.2, 0.25) is 0 Å². The molecule has 2 heterocycles. The Kier molecular flexibility index (Phi) is 5.05. The SMILES string of the molecule is N#Cc1ccc(C2CCN(C(=O)C3(C(=O)O)CCOCC3)CC2)cc1. The first kappa shape index (κ1) is 17.4. The Balaban J connectivity index is 1.65. The highest BCUT2D eigenvalue weighted by atomic mass is 16.5. The molecule has 0 bridgehead atoms. The predicted molar refractivity (Wildman–Crippen MR) is 89.8 cm³/mol. The summed E-state index contributed by atoms with van der Waals surface area (Å²) in [6, 6.07) is 9.68. The van der Waals surface area contributed by atoms with E-state index >= 15 is 0 Å². The number of carbonyl (C=O) groups is 2. The maximum Gasteiger partial charge on any atom is 0.319 e. The Morgan fingerprint density at radius 3 is 2.28 bits per heavy atom. The number of hydrogen-bond acceptors (Lipinski definition) is 4. The van der Waals surface area contributed by atoms with Gasteiger partial charge in [-0.25, -0.2) is 0 Å². The van der Waals surface area contributed by atoms with Gasteiger partial charge in [-0.05, 0) is 49.3 Å². The van der Waals surface area contributed by atoms with Gasteiger partial charge in [-0.2, -0.15) is 5.26 Å². The van der Waals surface area contributed by atoms with Crippen molar-refractivity contribution in [2.45, 2.75) is 31.6 Å². The molecule has 3 rings (SSSR count). The van der Waals surface area contributed by atoms with Gasteiger partial charge in [0.25, 0.3) is 0 Å². The summed E-state index contributed by atoms with van der Waals surface area (Å²) in [6.07, 6.45) is 2.11. The van der Waals surface area contributed by atoms with Crippen LogP contribution in [0.4, 0.5) is 0 Å². The average Bonchev–Trinajstić information content (AvgIpc) is 2.68. The van der Waals surface area contributed by atoms with Crippen LogP contribution in [0, 0.1) is 16.7 Å². The van der Waals surface area contributed by atoms with Crippen molar-refractivity contribution in [3.8, 4) is 6.07 Å². The van der Waals surface area contributed by atoms with Crippen molar-refractivity contribution in [1.82, 2.24) is 4.90 Å². The molecule has 0 saturated carbocycles. The molecule has 2 aliphatic rings. The Morgan fingerprint density at radius 1 is 1.16 bits per heavy atom. The van der Waals surface area contributed by atoms with Crippen LogP contribution in [-0.4, -0.2) is 48.2 Å². The molecule has 0 atom stereocenters. The van der Waals surface area contributed by atoms with Crippen molar-refractivity contribution in [3.05, 3.63) is 35.4 Å². The average molecular weight is 342 g/mol. The minimum Gasteiger partial charge on any atom is -0.480 e. The van der Waals surface area contributed by atoms with Crippen LogP contribution in [0.3, 0.4) is 0 Å². The molecule has 0 aromatic heterocycles. The second-order valence-corrected chi connectivity index (χ2v) is 6.80. The number of carboxylic acids is 1. The first-order chi connectivity index (χ1) is 12.1. The summed E-state index contributed by atoms with van der Waals surface area (Å²) in [7, 11) is 0. The maximum atomic E-state index is 12.9. The van der Waals surface area contributed by atoms with Gasteiger partial charge < -0.3 is 14.7 Å². The van der Waals surface area contributed by atoms with Gasteiger partial charge >= 0.3 is 5.97 Å². The van der Waals surface area contributed by atoms with Gasteiger partial charge in [-0.3, -0.25) is 9.59 Å². The second kappa shape index (κ2) is 7.24. The van der Waals surface area contributed by atoms with Crippen LogP contribution in [-0.2, 0) is 14.3 Å². The van der Waals surface area contributed by atoms with Gasteiger partial charge in [0.05, 0.1) is 11.6 Å². The first-order valence-electron chi connectivity index (χ1n) is 8.67. The van der Waals surface area contributed by atoms with E-state index in [9.17, 15) is 14.7 Å². The third-order valence-electron chi connectivity index (χ3n) is 5.46. The van der Waals surface area contributed by atoms with Gasteiger partial charge in [0.2, 0.25) is 5.91 Å². The molecule has 2 saturated heterocycles. The normalized spacial score (nSPS) is 20.7. The van der Waals surface area contributed by atoms with Gasteiger partial charge in [-0.15, -0.1) is 0 Å². The Bertz CT molecular complexity index is 678. The van der Waals surface area contributed by atoms with Crippen LogP contribution in [0.5, 0.6) is 0 Å². The zero-order chi connectivity index (χ0) is 17.9. The van der Waals surface area contributed by atoms with Gasteiger partial charge in [0.1, 0.15) is 0 Å². The van der Waals surface area contributed by atoms with E-state index in [2.05, 4.69) is 6.07 Å². The molecule has 0 aliphatic carbocycles. The van der Waals surface area contributed by atoms with Crippen molar-refractivity contribution in [1.29, 1.82) is 5.26 Å². The lowest BCUT2D eigenvalue weighted by Crippen LogP contribution is -2.53. The van der Waals surface area contributed by atoms with Crippen molar-refractivity contribution < 1.29 is 19.4 Å². The predicted octanol–water partition coefficient (Wildman–Crippen LogP) is 2.15. The molecule has 1 N–H and O–H groups in total. The number of likely N-dealkylation sites (tertiary alicyclic amines) is 1. The third kappa shape index (κ3) is 3.38. The Labute approximate surface area is 147 Å². The molecule has 6 nitrogen and oxygen atoms in total. The zero-order valence-corrected chi connectivity index (χ0v) is 14.1. The van der Waals surface area contributed by atoms with E-state index in [1.165, 1.54) is 5.56 Å². The lowest BCUT2D eigenvalue weighted by molar-refractivity contribution is -0.168. The van der Waals surface area contributed by atoms with E-state index in [0.29, 0.717) is 37.8 Å². The minimum absolute atomic E-state index is 0.247. The number of piperidine rings is 1. The van der Waals surface area contributed by atoms with Crippen LogP contribution in [0.15, 0.2) is 24.3 Å². The highest BCUT2D eigenvalue weighted by molar-refractivity contribution is 6.02. The molecule has 132 valence electrons. The summed E-state index contributed by atoms with van der Waals surface area (Å²) >= 11 is 0. The van der Waals surface area contributed by atoms with E-state index in [0.717, 1.165) is 12.8 Å². The molecule has 1 aromatic rings. The number of ether oxygens (including phenoxy) is 1. The van der Waals surface area contributed by atoms with Crippen LogP contribution < -0.4 is 0 Å². The highest BCUT2D eigenvalue weighted by Gasteiger charge is 2.49. The molecule has 0 unspecified atom stereocenters. The fourth-order valence-electron chi connectivity index (χ4n) is 3.79. The molecule has 2 fully saturated rings. The van der Waals surface area contributed by atoms with E-state index in [-0.39, 0.29) is 18.7 Å². The summed E-state index contributed by atoms with van der Waals surface area (Å²) in [5, 5.41) is 18.5. The second-order valence-electron chi connectivity index (χ2n) is 6.80. The molecule has 25 heavy (non-hydrogen) atoms. The molecule has 6 heteroatoms. The Morgan fingerprint density at radius 2 is 1.76 bits per heavy atom. The fraction of sp³-hybridized carbons (Fsp3) is 0.526. The number of amides is 1. The van der Waals surface area contributed by atoms with E-state index < -0.39 is 11.4 Å².